The molecule has 0 saturated heterocycles. The molecule has 11 heavy (non-hydrogen) atoms. The number of carbonyl (C=O) groups excluding carboxylic acids is 1. The fourth-order valence-corrected chi connectivity index (χ4v) is 0.947. The maximum atomic E-state index is 10.9. The lowest BCUT2D eigenvalue weighted by Crippen LogP contribution is -2.05. The molecule has 0 aromatic heterocycles. The summed E-state index contributed by atoms with van der Waals surface area (Å²) in [5.41, 5.74) is 0. The van der Waals surface area contributed by atoms with E-state index in [9.17, 15) is 4.79 Å². The maximum Gasteiger partial charge on any atom is 0.306 e. The number of esters is 1. The van der Waals surface area contributed by atoms with Crippen LogP contribution in [-0.2, 0) is 9.53 Å². The normalized spacial score (nSPS) is 16.5. The summed E-state index contributed by atoms with van der Waals surface area (Å²) in [6, 6.07) is 0. The highest BCUT2D eigenvalue weighted by Gasteiger charge is 2.24. The zero-order valence-corrected chi connectivity index (χ0v) is 7.14. The first-order valence-corrected chi connectivity index (χ1v) is 4.48. The summed E-state index contributed by atoms with van der Waals surface area (Å²) in [5.74, 6) is 0.657. The van der Waals surface area contributed by atoms with E-state index in [0.29, 0.717) is 18.9 Å². The smallest absolute Gasteiger partial charge is 0.306 e. The zero-order valence-electron chi connectivity index (χ0n) is 7.14. The van der Waals surface area contributed by atoms with Gasteiger partial charge in [0.2, 0.25) is 0 Å². The van der Waals surface area contributed by atoms with E-state index < -0.39 is 0 Å². The van der Waals surface area contributed by atoms with E-state index in [2.05, 4.69) is 6.92 Å². The van der Waals surface area contributed by atoms with Crippen LogP contribution >= 0.6 is 0 Å². The molecule has 0 aliphatic heterocycles. The standard InChI is InChI=1S/C9H16O2/c1-2-3-6-11-9(10)7-8-4-5-8/h8H,2-7H2,1H3. The van der Waals surface area contributed by atoms with E-state index in [1.165, 1.54) is 12.8 Å². The highest BCUT2D eigenvalue weighted by Crippen LogP contribution is 2.32. The Morgan fingerprint density at radius 3 is 2.82 bits per heavy atom. The van der Waals surface area contributed by atoms with Gasteiger partial charge in [-0.15, -0.1) is 0 Å². The summed E-state index contributed by atoms with van der Waals surface area (Å²) in [4.78, 5) is 10.9. The fourth-order valence-electron chi connectivity index (χ4n) is 0.947. The summed E-state index contributed by atoms with van der Waals surface area (Å²) in [6.45, 7) is 2.71. The topological polar surface area (TPSA) is 26.3 Å². The molecule has 1 rings (SSSR count). The Hall–Kier alpha value is -0.530. The lowest BCUT2D eigenvalue weighted by Gasteiger charge is -2.01. The highest BCUT2D eigenvalue weighted by molar-refractivity contribution is 5.69. The van der Waals surface area contributed by atoms with Crippen molar-refractivity contribution in [1.29, 1.82) is 0 Å². The van der Waals surface area contributed by atoms with E-state index in [0.717, 1.165) is 12.8 Å². The second-order valence-electron chi connectivity index (χ2n) is 3.22. The number of carbonyl (C=O) groups is 1. The summed E-state index contributed by atoms with van der Waals surface area (Å²) in [5, 5.41) is 0. The van der Waals surface area contributed by atoms with Crippen LogP contribution in [0.1, 0.15) is 39.0 Å². The van der Waals surface area contributed by atoms with E-state index in [-0.39, 0.29) is 5.97 Å². The molecule has 0 N–H and O–H groups in total. The molecule has 1 saturated carbocycles. The van der Waals surface area contributed by atoms with Crippen molar-refractivity contribution in [3.63, 3.8) is 0 Å². The molecular weight excluding hydrogens is 140 g/mol. The van der Waals surface area contributed by atoms with Crippen LogP contribution in [0.15, 0.2) is 0 Å². The summed E-state index contributed by atoms with van der Waals surface area (Å²) >= 11 is 0. The average molecular weight is 156 g/mol. The van der Waals surface area contributed by atoms with Crippen molar-refractivity contribution in [2.24, 2.45) is 5.92 Å². The first-order valence-electron chi connectivity index (χ1n) is 4.48. The Labute approximate surface area is 67.9 Å². The minimum atomic E-state index is 0.000880. The van der Waals surface area contributed by atoms with Crippen molar-refractivity contribution in [2.45, 2.75) is 39.0 Å². The monoisotopic (exact) mass is 156 g/mol. The third-order valence-electron chi connectivity index (χ3n) is 1.91. The minimum Gasteiger partial charge on any atom is -0.466 e. The molecule has 0 aromatic carbocycles. The van der Waals surface area contributed by atoms with Gasteiger partial charge in [-0.05, 0) is 25.2 Å². The van der Waals surface area contributed by atoms with Gasteiger partial charge in [-0.25, -0.2) is 0 Å². The van der Waals surface area contributed by atoms with E-state index in [1.54, 1.807) is 0 Å². The molecule has 0 unspecified atom stereocenters. The first-order chi connectivity index (χ1) is 5.33. The van der Waals surface area contributed by atoms with Crippen LogP contribution in [0, 0.1) is 5.92 Å². The van der Waals surface area contributed by atoms with Crippen LogP contribution in [0.5, 0.6) is 0 Å². The molecule has 0 aromatic rings. The minimum absolute atomic E-state index is 0.000880. The van der Waals surface area contributed by atoms with E-state index in [4.69, 9.17) is 4.74 Å². The van der Waals surface area contributed by atoms with E-state index >= 15 is 0 Å². The van der Waals surface area contributed by atoms with Crippen LogP contribution < -0.4 is 0 Å². The van der Waals surface area contributed by atoms with Crippen molar-refractivity contribution in [1.82, 2.24) is 0 Å². The van der Waals surface area contributed by atoms with Crippen molar-refractivity contribution in [3.05, 3.63) is 0 Å². The van der Waals surface area contributed by atoms with Crippen molar-refractivity contribution in [2.75, 3.05) is 6.61 Å². The average Bonchev–Trinajstić information content (AvgIpc) is 2.72. The van der Waals surface area contributed by atoms with Crippen LogP contribution in [0.25, 0.3) is 0 Å². The predicted octanol–water partition coefficient (Wildman–Crippen LogP) is 2.13. The molecule has 0 amide bonds. The Bertz CT molecular complexity index is 128. The number of unbranched alkanes of at least 4 members (excludes halogenated alkanes) is 1. The van der Waals surface area contributed by atoms with Crippen molar-refractivity contribution in [3.8, 4) is 0 Å². The Morgan fingerprint density at radius 2 is 2.27 bits per heavy atom. The molecule has 1 fully saturated rings. The molecule has 2 nitrogen and oxygen atoms in total. The molecule has 64 valence electrons. The lowest BCUT2D eigenvalue weighted by atomic mass is 10.3. The molecule has 0 radical (unpaired) electrons. The largest absolute Gasteiger partial charge is 0.466 e. The van der Waals surface area contributed by atoms with Crippen LogP contribution in [-0.4, -0.2) is 12.6 Å². The fraction of sp³-hybridized carbons (Fsp3) is 0.889. The predicted molar refractivity (Wildman–Crippen MR) is 43.2 cm³/mol. The first kappa shape index (κ1) is 8.57. The van der Waals surface area contributed by atoms with Gasteiger partial charge in [-0.2, -0.15) is 0 Å². The van der Waals surface area contributed by atoms with Gasteiger partial charge in [0.15, 0.2) is 0 Å². The van der Waals surface area contributed by atoms with Gasteiger partial charge < -0.3 is 4.74 Å². The number of hydrogen-bond acceptors (Lipinski definition) is 2. The number of ether oxygens (including phenoxy) is 1. The van der Waals surface area contributed by atoms with Crippen LogP contribution in [0.4, 0.5) is 0 Å². The number of rotatable bonds is 5. The second-order valence-corrected chi connectivity index (χ2v) is 3.22. The van der Waals surface area contributed by atoms with Crippen molar-refractivity contribution >= 4 is 5.97 Å². The molecule has 0 atom stereocenters. The quantitative estimate of drug-likeness (QED) is 0.450. The molecule has 0 spiro atoms. The van der Waals surface area contributed by atoms with Gasteiger partial charge in [-0.3, -0.25) is 4.79 Å². The Kier molecular flexibility index (Phi) is 3.40. The van der Waals surface area contributed by atoms with Crippen LogP contribution in [0.3, 0.4) is 0 Å². The molecule has 0 heterocycles. The van der Waals surface area contributed by atoms with Crippen LogP contribution in [0.2, 0.25) is 0 Å². The van der Waals surface area contributed by atoms with Gasteiger partial charge in [0.25, 0.3) is 0 Å². The molecule has 1 aliphatic rings. The second kappa shape index (κ2) is 4.37. The molecule has 0 bridgehead atoms. The van der Waals surface area contributed by atoms with Gasteiger partial charge in [0, 0.05) is 6.42 Å². The third-order valence-corrected chi connectivity index (χ3v) is 1.91. The van der Waals surface area contributed by atoms with Gasteiger partial charge >= 0.3 is 5.97 Å². The van der Waals surface area contributed by atoms with Gasteiger partial charge in [-0.1, -0.05) is 13.3 Å². The Balaban J connectivity index is 1.92. The summed E-state index contributed by atoms with van der Waals surface area (Å²) in [6.07, 6.45) is 5.20. The van der Waals surface area contributed by atoms with E-state index in [1.807, 2.05) is 0 Å². The molecule has 2 heteroatoms. The summed E-state index contributed by atoms with van der Waals surface area (Å²) < 4.78 is 4.99. The SMILES string of the molecule is CCCCOC(=O)CC1CC1. The molecular formula is C9H16O2. The third kappa shape index (κ3) is 4.02. The molecule has 1 aliphatic carbocycles. The van der Waals surface area contributed by atoms with Crippen molar-refractivity contribution < 1.29 is 9.53 Å². The summed E-state index contributed by atoms with van der Waals surface area (Å²) in [7, 11) is 0. The van der Waals surface area contributed by atoms with Gasteiger partial charge in [0.1, 0.15) is 0 Å². The maximum absolute atomic E-state index is 10.9. The Morgan fingerprint density at radius 1 is 1.55 bits per heavy atom. The highest BCUT2D eigenvalue weighted by atomic mass is 16.5. The van der Waals surface area contributed by atoms with Gasteiger partial charge in [0.05, 0.1) is 6.61 Å². The zero-order chi connectivity index (χ0) is 8.10. The lowest BCUT2D eigenvalue weighted by molar-refractivity contribution is -0.144. The number of hydrogen-bond donors (Lipinski definition) is 0.